The second-order valence-corrected chi connectivity index (χ2v) is 12.1. The second-order valence-electron chi connectivity index (χ2n) is 12.1. The van der Waals surface area contributed by atoms with Gasteiger partial charge in [-0.1, -0.05) is 58.0 Å². The molecule has 1 atom stereocenters. The van der Waals surface area contributed by atoms with Gasteiger partial charge in [-0.3, -0.25) is 24.6 Å². The topological polar surface area (TPSA) is 129 Å². The molecule has 1 fully saturated rings. The minimum Gasteiger partial charge on any atom is -0.367 e. The van der Waals surface area contributed by atoms with Gasteiger partial charge in [0, 0.05) is 79.8 Å². The minimum absolute atomic E-state index is 0.0495. The van der Waals surface area contributed by atoms with E-state index in [2.05, 4.69) is 48.7 Å². The Hall–Kier alpha value is -5.26. The average Bonchev–Trinajstić information content (AvgIpc) is 3.82. The number of amides is 2. The Morgan fingerprint density at radius 3 is 2.33 bits per heavy atom. The first-order valence-corrected chi connectivity index (χ1v) is 17.8. The molecule has 2 amide bonds. The summed E-state index contributed by atoms with van der Waals surface area (Å²) in [6.07, 6.45) is 8.64. The lowest BCUT2D eigenvalue weighted by Gasteiger charge is -2.30. The van der Waals surface area contributed by atoms with Crippen molar-refractivity contribution in [3.63, 3.8) is 0 Å². The van der Waals surface area contributed by atoms with Crippen LogP contribution in [0.2, 0.25) is 0 Å². The van der Waals surface area contributed by atoms with Crippen LogP contribution in [0.4, 0.5) is 5.69 Å². The van der Waals surface area contributed by atoms with Crippen LogP contribution in [0.25, 0.3) is 39.1 Å². The number of anilines is 1. The molecule has 0 saturated carbocycles. The molecule has 1 saturated heterocycles. The molecule has 11 heteroatoms. The van der Waals surface area contributed by atoms with E-state index in [4.69, 9.17) is 4.74 Å². The smallest absolute Gasteiger partial charge is 0.258 e. The molecule has 0 aliphatic carbocycles. The zero-order chi connectivity index (χ0) is 36.4. The normalized spacial score (nSPS) is 17.1. The molecule has 2 aromatic carbocycles. The maximum absolute atomic E-state index is 13.6. The van der Waals surface area contributed by atoms with E-state index in [1.807, 2.05) is 86.9 Å². The summed E-state index contributed by atoms with van der Waals surface area (Å²) in [7, 11) is 1.56. The maximum atomic E-state index is 13.6. The lowest BCUT2D eigenvalue weighted by molar-refractivity contribution is -0.138. The van der Waals surface area contributed by atoms with Gasteiger partial charge in [-0.2, -0.15) is 5.10 Å². The fourth-order valence-corrected chi connectivity index (χ4v) is 6.42. The van der Waals surface area contributed by atoms with Crippen LogP contribution in [-0.2, 0) is 14.3 Å². The third kappa shape index (κ3) is 8.38. The van der Waals surface area contributed by atoms with Crippen LogP contribution in [0.3, 0.4) is 0 Å². The van der Waals surface area contributed by atoms with Crippen molar-refractivity contribution in [3.8, 4) is 22.6 Å². The van der Waals surface area contributed by atoms with E-state index in [1.54, 1.807) is 31.8 Å². The highest BCUT2D eigenvalue weighted by molar-refractivity contribution is 6.01. The molecule has 7 rings (SSSR count). The SMILES string of the molecule is CC.CC.CO[C@@]1(C(=O)Nc2ccc3[nH]nc(-c4ccnc(C)c4)c3c2)CCN(CC(=O)N2CC=C(c3ccc(-c4ncccn4)cc3)CC2)C1. The number of likely N-dealkylation sites (tertiary alicyclic amines) is 1. The third-order valence-corrected chi connectivity index (χ3v) is 9.11. The summed E-state index contributed by atoms with van der Waals surface area (Å²) in [4.78, 5) is 43.8. The van der Waals surface area contributed by atoms with Gasteiger partial charge >= 0.3 is 0 Å². The first-order valence-electron chi connectivity index (χ1n) is 17.8. The van der Waals surface area contributed by atoms with Gasteiger partial charge in [0.05, 0.1) is 12.1 Å². The number of aromatic nitrogens is 5. The van der Waals surface area contributed by atoms with E-state index < -0.39 is 5.60 Å². The second kappa shape index (κ2) is 17.1. The molecule has 2 aliphatic rings. The lowest BCUT2D eigenvalue weighted by Crippen LogP contribution is -2.48. The summed E-state index contributed by atoms with van der Waals surface area (Å²) >= 11 is 0. The Morgan fingerprint density at radius 1 is 0.902 bits per heavy atom. The van der Waals surface area contributed by atoms with Gasteiger partial charge in [0.25, 0.3) is 5.91 Å². The number of carbonyl (C=O) groups is 2. The van der Waals surface area contributed by atoms with Crippen molar-refractivity contribution < 1.29 is 14.3 Å². The number of methoxy groups -OCH3 is 1. The van der Waals surface area contributed by atoms with Crippen molar-refractivity contribution in [2.45, 2.75) is 53.1 Å². The Morgan fingerprint density at radius 2 is 1.65 bits per heavy atom. The van der Waals surface area contributed by atoms with Crippen molar-refractivity contribution >= 4 is 34.0 Å². The molecule has 0 unspecified atom stereocenters. The van der Waals surface area contributed by atoms with Crippen molar-refractivity contribution in [3.05, 3.63) is 96.6 Å². The Kier molecular flexibility index (Phi) is 12.4. The Labute approximate surface area is 300 Å². The van der Waals surface area contributed by atoms with Crippen molar-refractivity contribution in [2.75, 3.05) is 45.2 Å². The molecular formula is C40H48N8O3. The first kappa shape index (κ1) is 37.0. The highest BCUT2D eigenvalue weighted by Gasteiger charge is 2.45. The number of hydrogen-bond donors (Lipinski definition) is 2. The number of pyridine rings is 1. The molecule has 266 valence electrons. The van der Waals surface area contributed by atoms with Crippen LogP contribution in [0.5, 0.6) is 0 Å². The van der Waals surface area contributed by atoms with E-state index >= 15 is 0 Å². The third-order valence-electron chi connectivity index (χ3n) is 9.11. The number of ether oxygens (including phenoxy) is 1. The van der Waals surface area contributed by atoms with E-state index in [-0.39, 0.29) is 18.4 Å². The van der Waals surface area contributed by atoms with Crippen LogP contribution in [0, 0.1) is 6.92 Å². The van der Waals surface area contributed by atoms with Gasteiger partial charge in [0.2, 0.25) is 5.91 Å². The summed E-state index contributed by atoms with van der Waals surface area (Å²) in [5.41, 5.74) is 6.45. The molecule has 0 spiro atoms. The number of aromatic amines is 1. The zero-order valence-electron chi connectivity index (χ0n) is 30.4. The van der Waals surface area contributed by atoms with Gasteiger partial charge < -0.3 is 15.0 Å². The minimum atomic E-state index is -1.05. The number of carbonyl (C=O) groups excluding carboxylic acids is 2. The number of fused-ring (bicyclic) bond motifs is 1. The van der Waals surface area contributed by atoms with Crippen LogP contribution in [0.1, 0.15) is 51.8 Å². The summed E-state index contributed by atoms with van der Waals surface area (Å²) in [5.74, 6) is 0.523. The predicted molar refractivity (Wildman–Crippen MR) is 203 cm³/mol. The molecule has 51 heavy (non-hydrogen) atoms. The highest BCUT2D eigenvalue weighted by atomic mass is 16.5. The van der Waals surface area contributed by atoms with E-state index in [0.29, 0.717) is 44.1 Å². The number of rotatable bonds is 8. The number of benzene rings is 2. The molecule has 3 aromatic heterocycles. The number of nitrogens with one attached hydrogen (secondary N) is 2. The number of hydrogen-bond acceptors (Lipinski definition) is 8. The average molecular weight is 689 g/mol. The summed E-state index contributed by atoms with van der Waals surface area (Å²) in [6.45, 7) is 12.3. The van der Waals surface area contributed by atoms with Crippen molar-refractivity contribution in [2.24, 2.45) is 0 Å². The lowest BCUT2D eigenvalue weighted by atomic mass is 9.98. The molecule has 0 radical (unpaired) electrons. The van der Waals surface area contributed by atoms with Gasteiger partial charge in [0.1, 0.15) is 5.69 Å². The number of H-pyrrole nitrogens is 1. The van der Waals surface area contributed by atoms with E-state index in [9.17, 15) is 9.59 Å². The molecule has 0 bridgehead atoms. The van der Waals surface area contributed by atoms with Gasteiger partial charge in [-0.05, 0) is 67.3 Å². The molecular weight excluding hydrogens is 640 g/mol. The summed E-state index contributed by atoms with van der Waals surface area (Å²) in [6, 6.07) is 19.6. The van der Waals surface area contributed by atoms with Crippen LogP contribution < -0.4 is 5.32 Å². The Balaban J connectivity index is 0.00000122. The van der Waals surface area contributed by atoms with Crippen molar-refractivity contribution in [1.82, 2.24) is 34.9 Å². The predicted octanol–water partition coefficient (Wildman–Crippen LogP) is 6.79. The Bertz CT molecular complexity index is 1960. The van der Waals surface area contributed by atoms with Crippen LogP contribution in [-0.4, -0.2) is 92.2 Å². The summed E-state index contributed by atoms with van der Waals surface area (Å²) < 4.78 is 5.85. The van der Waals surface area contributed by atoms with E-state index in [1.165, 1.54) is 5.57 Å². The first-order chi connectivity index (χ1) is 24.9. The van der Waals surface area contributed by atoms with Gasteiger partial charge in [-0.25, -0.2) is 9.97 Å². The van der Waals surface area contributed by atoms with Gasteiger partial charge in [-0.15, -0.1) is 0 Å². The van der Waals surface area contributed by atoms with Crippen LogP contribution >= 0.6 is 0 Å². The van der Waals surface area contributed by atoms with Crippen LogP contribution in [0.15, 0.2) is 85.3 Å². The maximum Gasteiger partial charge on any atom is 0.258 e. The fourth-order valence-electron chi connectivity index (χ4n) is 6.42. The van der Waals surface area contributed by atoms with E-state index in [0.717, 1.165) is 45.4 Å². The fraction of sp³-hybridized carbons (Fsp3) is 0.350. The summed E-state index contributed by atoms with van der Waals surface area (Å²) in [5, 5.41) is 11.5. The quantitative estimate of drug-likeness (QED) is 0.182. The van der Waals surface area contributed by atoms with Crippen molar-refractivity contribution in [1.29, 1.82) is 0 Å². The largest absolute Gasteiger partial charge is 0.367 e. The number of aryl methyl sites for hydroxylation is 1. The monoisotopic (exact) mass is 688 g/mol. The number of nitrogens with zero attached hydrogens (tertiary/aromatic N) is 6. The zero-order valence-corrected chi connectivity index (χ0v) is 30.4. The molecule has 5 aromatic rings. The molecule has 5 heterocycles. The highest BCUT2D eigenvalue weighted by Crippen LogP contribution is 2.31. The molecule has 2 N–H and O–H groups in total. The molecule has 11 nitrogen and oxygen atoms in total. The molecule has 2 aliphatic heterocycles. The standard InChI is InChI=1S/C36H36N8O3.2C2H6/c1-24-20-28(10-16-37-24)33-30-21-29(8-9-31(30)41-42-33)40-35(46)36(47-2)13-19-43(23-36)22-32(45)44-17-11-26(12-18-44)25-4-6-27(7-5-25)34-38-14-3-15-39-34;2*1-2/h3-11,14-16,20-21H,12-13,17-19,22-23H2,1-2H3,(H,40,46)(H,41,42);2*1-2H3/t36-;;/m0../s1. The van der Waals surface area contributed by atoms with Gasteiger partial charge in [0.15, 0.2) is 11.4 Å².